The van der Waals surface area contributed by atoms with Crippen LogP contribution in [0.4, 0.5) is 0 Å². The SMILES string of the molecule is C=C(C)CC(NCCC)c1cnc2ccsc2c1. The van der Waals surface area contributed by atoms with Crippen LogP contribution in [0, 0.1) is 0 Å². The zero-order valence-electron chi connectivity index (χ0n) is 11.1. The second-order valence-electron chi connectivity index (χ2n) is 4.74. The molecule has 18 heavy (non-hydrogen) atoms. The molecule has 2 heterocycles. The third-order valence-electron chi connectivity index (χ3n) is 2.92. The minimum absolute atomic E-state index is 0.335. The summed E-state index contributed by atoms with van der Waals surface area (Å²) in [6.45, 7) is 9.32. The summed E-state index contributed by atoms with van der Waals surface area (Å²) >= 11 is 1.75. The lowest BCUT2D eigenvalue weighted by molar-refractivity contribution is 0.527. The molecule has 0 aromatic carbocycles. The third kappa shape index (κ3) is 3.18. The zero-order chi connectivity index (χ0) is 13.0. The molecule has 0 radical (unpaired) electrons. The quantitative estimate of drug-likeness (QED) is 0.783. The number of nitrogens with zero attached hydrogens (tertiary/aromatic N) is 1. The van der Waals surface area contributed by atoms with E-state index >= 15 is 0 Å². The van der Waals surface area contributed by atoms with Gasteiger partial charge >= 0.3 is 0 Å². The molecular weight excluding hydrogens is 240 g/mol. The van der Waals surface area contributed by atoms with Crippen LogP contribution in [0.3, 0.4) is 0 Å². The van der Waals surface area contributed by atoms with E-state index in [1.54, 1.807) is 11.3 Å². The van der Waals surface area contributed by atoms with Crippen LogP contribution in [0.2, 0.25) is 0 Å². The Morgan fingerprint density at radius 1 is 1.56 bits per heavy atom. The Kier molecular flexibility index (Phi) is 4.50. The van der Waals surface area contributed by atoms with Crippen LogP contribution in [0.5, 0.6) is 0 Å². The highest BCUT2D eigenvalue weighted by Gasteiger charge is 2.12. The molecule has 96 valence electrons. The fourth-order valence-electron chi connectivity index (χ4n) is 2.03. The Morgan fingerprint density at radius 2 is 2.39 bits per heavy atom. The van der Waals surface area contributed by atoms with Crippen molar-refractivity contribution in [3.63, 3.8) is 0 Å². The Labute approximate surface area is 113 Å². The monoisotopic (exact) mass is 260 g/mol. The van der Waals surface area contributed by atoms with Gasteiger partial charge in [0.1, 0.15) is 0 Å². The van der Waals surface area contributed by atoms with E-state index in [2.05, 4.69) is 48.2 Å². The summed E-state index contributed by atoms with van der Waals surface area (Å²) in [6.07, 6.45) is 4.10. The van der Waals surface area contributed by atoms with Gasteiger partial charge in [-0.1, -0.05) is 12.5 Å². The number of hydrogen-bond donors (Lipinski definition) is 1. The molecule has 0 aliphatic carbocycles. The number of nitrogens with one attached hydrogen (secondary N) is 1. The molecule has 3 heteroatoms. The molecule has 0 aliphatic rings. The van der Waals surface area contributed by atoms with Crippen LogP contribution in [0.15, 0.2) is 35.9 Å². The fraction of sp³-hybridized carbons (Fsp3) is 0.400. The van der Waals surface area contributed by atoms with Gasteiger partial charge in [0.15, 0.2) is 0 Å². The van der Waals surface area contributed by atoms with E-state index in [0.29, 0.717) is 6.04 Å². The van der Waals surface area contributed by atoms with Crippen molar-refractivity contribution in [1.29, 1.82) is 0 Å². The maximum Gasteiger partial charge on any atom is 0.0809 e. The molecular formula is C15H20N2S. The maximum atomic E-state index is 4.52. The second kappa shape index (κ2) is 6.12. The number of pyridine rings is 1. The summed E-state index contributed by atoms with van der Waals surface area (Å²) in [4.78, 5) is 4.52. The Balaban J connectivity index is 2.24. The molecule has 0 saturated carbocycles. The lowest BCUT2D eigenvalue weighted by Crippen LogP contribution is -2.22. The molecule has 2 rings (SSSR count). The molecule has 1 atom stereocenters. The number of fused-ring (bicyclic) bond motifs is 1. The van der Waals surface area contributed by atoms with Crippen molar-refractivity contribution in [2.24, 2.45) is 0 Å². The third-order valence-corrected chi connectivity index (χ3v) is 3.77. The van der Waals surface area contributed by atoms with Gasteiger partial charge in [0.25, 0.3) is 0 Å². The molecule has 2 aromatic rings. The fourth-order valence-corrected chi connectivity index (χ4v) is 2.82. The molecule has 0 saturated heterocycles. The van der Waals surface area contributed by atoms with Crippen LogP contribution < -0.4 is 5.32 Å². The van der Waals surface area contributed by atoms with Gasteiger partial charge in [0.05, 0.1) is 10.2 Å². The lowest BCUT2D eigenvalue weighted by Gasteiger charge is -2.18. The molecule has 2 aromatic heterocycles. The largest absolute Gasteiger partial charge is 0.310 e. The average molecular weight is 260 g/mol. The number of hydrogen-bond acceptors (Lipinski definition) is 3. The van der Waals surface area contributed by atoms with Gasteiger partial charge in [0, 0.05) is 12.2 Å². The van der Waals surface area contributed by atoms with Crippen LogP contribution in [-0.4, -0.2) is 11.5 Å². The standard InChI is InChI=1S/C15H20N2S/c1-4-6-16-14(8-11(2)3)12-9-15-13(17-10-12)5-7-18-15/h5,7,9-10,14,16H,2,4,6,8H2,1,3H3. The molecule has 0 amide bonds. The molecule has 0 spiro atoms. The second-order valence-corrected chi connectivity index (χ2v) is 5.69. The van der Waals surface area contributed by atoms with Gasteiger partial charge in [-0.2, -0.15) is 0 Å². The van der Waals surface area contributed by atoms with Crippen molar-refractivity contribution in [1.82, 2.24) is 10.3 Å². The van der Waals surface area contributed by atoms with Crippen molar-refractivity contribution in [3.8, 4) is 0 Å². The first-order valence-electron chi connectivity index (χ1n) is 6.41. The Morgan fingerprint density at radius 3 is 3.11 bits per heavy atom. The van der Waals surface area contributed by atoms with Gasteiger partial charge in [-0.25, -0.2) is 0 Å². The molecule has 0 bridgehead atoms. The Hall–Kier alpha value is -1.19. The van der Waals surface area contributed by atoms with Crippen LogP contribution >= 0.6 is 11.3 Å². The van der Waals surface area contributed by atoms with Crippen molar-refractivity contribution in [2.45, 2.75) is 32.7 Å². The molecule has 1 unspecified atom stereocenters. The average Bonchev–Trinajstić information content (AvgIpc) is 2.81. The topological polar surface area (TPSA) is 24.9 Å². The zero-order valence-corrected chi connectivity index (χ0v) is 11.9. The van der Waals surface area contributed by atoms with Gasteiger partial charge in [-0.3, -0.25) is 4.98 Å². The van der Waals surface area contributed by atoms with Gasteiger partial charge in [0.2, 0.25) is 0 Å². The smallest absolute Gasteiger partial charge is 0.0809 e. The summed E-state index contributed by atoms with van der Waals surface area (Å²) in [5, 5.41) is 5.67. The number of rotatable bonds is 6. The van der Waals surface area contributed by atoms with Gasteiger partial charge in [-0.05, 0) is 49.4 Å². The molecule has 0 aliphatic heterocycles. The van der Waals surface area contributed by atoms with E-state index < -0.39 is 0 Å². The summed E-state index contributed by atoms with van der Waals surface area (Å²) in [7, 11) is 0. The first-order valence-corrected chi connectivity index (χ1v) is 7.29. The van der Waals surface area contributed by atoms with E-state index in [0.717, 1.165) is 24.9 Å². The lowest BCUT2D eigenvalue weighted by atomic mass is 10.0. The molecule has 2 nitrogen and oxygen atoms in total. The highest BCUT2D eigenvalue weighted by Crippen LogP contribution is 2.25. The normalized spacial score (nSPS) is 12.8. The summed E-state index contributed by atoms with van der Waals surface area (Å²) in [6, 6.07) is 4.65. The Bertz CT molecular complexity index is 530. The molecule has 1 N–H and O–H groups in total. The molecule has 0 fully saturated rings. The van der Waals surface area contributed by atoms with Crippen LogP contribution in [0.1, 0.15) is 38.3 Å². The first-order chi connectivity index (χ1) is 8.70. The predicted octanol–water partition coefficient (Wildman–Crippen LogP) is 4.30. The van der Waals surface area contributed by atoms with Crippen molar-refractivity contribution >= 4 is 21.6 Å². The van der Waals surface area contributed by atoms with E-state index in [1.165, 1.54) is 15.8 Å². The number of aromatic nitrogens is 1. The predicted molar refractivity (Wildman–Crippen MR) is 80.1 cm³/mol. The van der Waals surface area contributed by atoms with Gasteiger partial charge in [-0.15, -0.1) is 17.9 Å². The van der Waals surface area contributed by atoms with Crippen LogP contribution in [0.25, 0.3) is 10.2 Å². The van der Waals surface area contributed by atoms with Crippen molar-refractivity contribution in [2.75, 3.05) is 6.54 Å². The minimum atomic E-state index is 0.335. The van der Waals surface area contributed by atoms with Crippen molar-refractivity contribution in [3.05, 3.63) is 41.4 Å². The first kappa shape index (κ1) is 13.2. The van der Waals surface area contributed by atoms with Crippen molar-refractivity contribution < 1.29 is 0 Å². The summed E-state index contributed by atoms with van der Waals surface area (Å²) in [5.41, 5.74) is 3.56. The highest BCUT2D eigenvalue weighted by atomic mass is 32.1. The highest BCUT2D eigenvalue weighted by molar-refractivity contribution is 7.17. The van der Waals surface area contributed by atoms with E-state index in [9.17, 15) is 0 Å². The summed E-state index contributed by atoms with van der Waals surface area (Å²) < 4.78 is 1.26. The maximum absolute atomic E-state index is 4.52. The number of thiophene rings is 1. The van der Waals surface area contributed by atoms with E-state index in [1.807, 2.05) is 6.20 Å². The summed E-state index contributed by atoms with van der Waals surface area (Å²) in [5.74, 6) is 0. The van der Waals surface area contributed by atoms with E-state index in [-0.39, 0.29) is 0 Å². The van der Waals surface area contributed by atoms with Crippen LogP contribution in [-0.2, 0) is 0 Å². The minimum Gasteiger partial charge on any atom is -0.310 e. The van der Waals surface area contributed by atoms with Gasteiger partial charge < -0.3 is 5.32 Å². The van der Waals surface area contributed by atoms with E-state index in [4.69, 9.17) is 0 Å².